The number of rotatable bonds is 9. The molecule has 0 bridgehead atoms. The zero-order valence-corrected chi connectivity index (χ0v) is 17.3. The number of aliphatic hydroxyl groups is 2. The molecule has 0 saturated heterocycles. The number of hydrogen-bond acceptors (Lipinski definition) is 7. The Balaban J connectivity index is 0.000000382. The van der Waals surface area contributed by atoms with Crippen LogP contribution in [0.1, 0.15) is 17.4 Å². The van der Waals surface area contributed by atoms with E-state index >= 15 is 0 Å². The number of halogens is 1. The van der Waals surface area contributed by atoms with Gasteiger partial charge in [-0.05, 0) is 43.9 Å². The minimum absolute atomic E-state index is 0.159. The van der Waals surface area contributed by atoms with Crippen LogP contribution in [0.25, 0.3) is 0 Å². The average Bonchev–Trinajstić information content (AvgIpc) is 2.71. The Kier molecular flexibility index (Phi) is 10.9. The molecular weight excluding hydrogens is 416 g/mol. The molecular formula is C20H25ClN2O7. The standard InChI is InChI=1S/C16H19ClN2O.C4H6O6/c1-19(2)11-12-20-16(15-5-3-4-10-18-15)13-6-8-14(17)9-7-13;5-1(3(7)8)2(6)4(9)10/h3-10,16H,11-12H2,1-2H3;1-2,5-6H,(H,7,8)(H,9,10)/t16-;/m0./s1. The van der Waals surface area contributed by atoms with Gasteiger partial charge >= 0.3 is 11.9 Å². The molecule has 30 heavy (non-hydrogen) atoms. The van der Waals surface area contributed by atoms with Crippen molar-refractivity contribution in [2.24, 2.45) is 0 Å². The monoisotopic (exact) mass is 440 g/mol. The quantitative estimate of drug-likeness (QED) is 0.453. The molecule has 3 atom stereocenters. The fourth-order valence-electron chi connectivity index (χ4n) is 2.14. The van der Waals surface area contributed by atoms with Gasteiger partial charge in [0, 0.05) is 17.8 Å². The molecule has 9 nitrogen and oxygen atoms in total. The van der Waals surface area contributed by atoms with Crippen LogP contribution in [-0.2, 0) is 14.3 Å². The molecule has 1 aromatic carbocycles. The minimum atomic E-state index is -2.27. The van der Waals surface area contributed by atoms with Gasteiger partial charge in [0.15, 0.2) is 12.2 Å². The van der Waals surface area contributed by atoms with Gasteiger partial charge in [-0.3, -0.25) is 4.98 Å². The number of carbonyl (C=O) groups is 2. The number of likely N-dealkylation sites (N-methyl/N-ethyl adjacent to an activating group) is 1. The summed E-state index contributed by atoms with van der Waals surface area (Å²) >= 11 is 5.95. The first kappa shape index (κ1) is 25.5. The smallest absolute Gasteiger partial charge is 0.335 e. The van der Waals surface area contributed by atoms with Crippen LogP contribution in [0, 0.1) is 0 Å². The zero-order chi connectivity index (χ0) is 22.7. The van der Waals surface area contributed by atoms with Crippen molar-refractivity contribution in [3.05, 3.63) is 64.9 Å². The Hall–Kier alpha value is -2.56. The van der Waals surface area contributed by atoms with Crippen molar-refractivity contribution < 1.29 is 34.8 Å². The molecule has 0 saturated carbocycles. The van der Waals surface area contributed by atoms with E-state index in [-0.39, 0.29) is 6.10 Å². The van der Waals surface area contributed by atoms with Crippen molar-refractivity contribution in [1.82, 2.24) is 9.88 Å². The van der Waals surface area contributed by atoms with Crippen LogP contribution in [0.4, 0.5) is 0 Å². The summed E-state index contributed by atoms with van der Waals surface area (Å²) in [7, 11) is 4.06. The summed E-state index contributed by atoms with van der Waals surface area (Å²) in [6, 6.07) is 13.6. The number of hydrogen-bond donors (Lipinski definition) is 4. The van der Waals surface area contributed by atoms with E-state index in [1.807, 2.05) is 56.6 Å². The molecule has 1 aromatic heterocycles. The Morgan fingerprint density at radius 2 is 1.60 bits per heavy atom. The molecule has 2 rings (SSSR count). The first-order valence-electron chi connectivity index (χ1n) is 8.88. The van der Waals surface area contributed by atoms with Crippen LogP contribution in [-0.4, -0.2) is 81.7 Å². The highest BCUT2D eigenvalue weighted by Gasteiger charge is 2.29. The number of carboxylic acid groups (broad SMARTS) is 2. The van der Waals surface area contributed by atoms with Gasteiger partial charge in [0.1, 0.15) is 6.10 Å². The average molecular weight is 441 g/mol. The highest BCUT2D eigenvalue weighted by atomic mass is 35.5. The molecule has 0 aliphatic rings. The highest BCUT2D eigenvalue weighted by molar-refractivity contribution is 6.30. The minimum Gasteiger partial charge on any atom is -0.479 e. The van der Waals surface area contributed by atoms with Gasteiger partial charge in [-0.25, -0.2) is 9.59 Å². The van der Waals surface area contributed by atoms with Crippen molar-refractivity contribution in [3.63, 3.8) is 0 Å². The van der Waals surface area contributed by atoms with Crippen molar-refractivity contribution in [2.45, 2.75) is 18.3 Å². The van der Waals surface area contributed by atoms with E-state index in [2.05, 4.69) is 9.88 Å². The second-order valence-electron chi connectivity index (χ2n) is 6.43. The second-order valence-corrected chi connectivity index (χ2v) is 6.86. The second kappa shape index (κ2) is 12.9. The van der Waals surface area contributed by atoms with Gasteiger partial charge in [-0.15, -0.1) is 0 Å². The molecule has 4 N–H and O–H groups in total. The summed E-state index contributed by atoms with van der Waals surface area (Å²) in [4.78, 5) is 26.0. The van der Waals surface area contributed by atoms with E-state index in [9.17, 15) is 9.59 Å². The number of benzene rings is 1. The molecule has 1 heterocycles. The zero-order valence-electron chi connectivity index (χ0n) is 16.6. The first-order valence-corrected chi connectivity index (χ1v) is 9.25. The highest BCUT2D eigenvalue weighted by Crippen LogP contribution is 2.25. The third-order valence-corrected chi connectivity index (χ3v) is 4.01. The summed E-state index contributed by atoms with van der Waals surface area (Å²) in [5, 5.41) is 33.2. The fraction of sp³-hybridized carbons (Fsp3) is 0.350. The largest absolute Gasteiger partial charge is 0.479 e. The normalized spacial score (nSPS) is 13.7. The lowest BCUT2D eigenvalue weighted by atomic mass is 10.1. The van der Waals surface area contributed by atoms with Gasteiger partial charge in [-0.2, -0.15) is 0 Å². The fourth-order valence-corrected chi connectivity index (χ4v) is 2.27. The van der Waals surface area contributed by atoms with E-state index in [0.29, 0.717) is 6.61 Å². The summed E-state index contributed by atoms with van der Waals surface area (Å²) < 4.78 is 6.02. The van der Waals surface area contributed by atoms with Crippen molar-refractivity contribution in [3.8, 4) is 0 Å². The number of aromatic nitrogens is 1. The molecule has 10 heteroatoms. The van der Waals surface area contributed by atoms with Crippen LogP contribution in [0.15, 0.2) is 48.7 Å². The maximum Gasteiger partial charge on any atom is 0.335 e. The Bertz CT molecular complexity index is 770. The molecule has 0 aliphatic carbocycles. The van der Waals surface area contributed by atoms with Gasteiger partial charge < -0.3 is 30.1 Å². The lowest BCUT2D eigenvalue weighted by Crippen LogP contribution is -2.39. The molecule has 0 aliphatic heterocycles. The number of nitrogens with zero attached hydrogens (tertiary/aromatic N) is 2. The maximum atomic E-state index is 9.77. The SMILES string of the molecule is CN(C)CCO[C@@H](c1ccc(Cl)cc1)c1ccccn1.O=C(O)C(O)C(O)C(=O)O. The number of carboxylic acids is 2. The molecule has 0 spiro atoms. The molecule has 0 fully saturated rings. The van der Waals surface area contributed by atoms with Crippen LogP contribution in [0.5, 0.6) is 0 Å². The van der Waals surface area contributed by atoms with E-state index in [1.165, 1.54) is 0 Å². The van der Waals surface area contributed by atoms with Crippen molar-refractivity contribution in [1.29, 1.82) is 0 Å². The number of aliphatic carboxylic acids is 2. The van der Waals surface area contributed by atoms with Gasteiger partial charge in [0.2, 0.25) is 0 Å². The predicted octanol–water partition coefficient (Wildman–Crippen LogP) is 1.28. The predicted molar refractivity (Wildman–Crippen MR) is 109 cm³/mol. The van der Waals surface area contributed by atoms with Crippen LogP contribution in [0.3, 0.4) is 0 Å². The summed E-state index contributed by atoms with van der Waals surface area (Å²) in [5.74, 6) is -3.54. The van der Waals surface area contributed by atoms with E-state index in [1.54, 1.807) is 6.20 Å². The Morgan fingerprint density at radius 1 is 1.03 bits per heavy atom. The number of aliphatic hydroxyl groups excluding tert-OH is 2. The third-order valence-electron chi connectivity index (χ3n) is 3.76. The van der Waals surface area contributed by atoms with Gasteiger partial charge in [-0.1, -0.05) is 29.8 Å². The van der Waals surface area contributed by atoms with Gasteiger partial charge in [0.05, 0.1) is 12.3 Å². The number of pyridine rings is 1. The first-order chi connectivity index (χ1) is 14.1. The Labute approximate surface area is 179 Å². The van der Waals surface area contributed by atoms with E-state index in [0.717, 1.165) is 22.8 Å². The summed E-state index contributed by atoms with van der Waals surface area (Å²) in [6.45, 7) is 1.52. The Morgan fingerprint density at radius 3 is 2.03 bits per heavy atom. The van der Waals surface area contributed by atoms with Gasteiger partial charge in [0.25, 0.3) is 0 Å². The molecule has 2 unspecified atom stereocenters. The van der Waals surface area contributed by atoms with E-state index in [4.69, 9.17) is 36.8 Å². The lowest BCUT2D eigenvalue weighted by molar-refractivity contribution is -0.165. The van der Waals surface area contributed by atoms with Crippen LogP contribution in [0.2, 0.25) is 5.02 Å². The molecule has 0 amide bonds. The molecule has 164 valence electrons. The topological polar surface area (TPSA) is 140 Å². The van der Waals surface area contributed by atoms with Crippen molar-refractivity contribution in [2.75, 3.05) is 27.2 Å². The third kappa shape index (κ3) is 8.85. The van der Waals surface area contributed by atoms with E-state index < -0.39 is 24.1 Å². The van der Waals surface area contributed by atoms with Crippen molar-refractivity contribution >= 4 is 23.5 Å². The maximum absolute atomic E-state index is 9.77. The van der Waals surface area contributed by atoms with Crippen LogP contribution < -0.4 is 0 Å². The van der Waals surface area contributed by atoms with Crippen LogP contribution >= 0.6 is 11.6 Å². The molecule has 2 aromatic rings. The summed E-state index contributed by atoms with van der Waals surface area (Å²) in [6.07, 6.45) is -2.91. The molecule has 0 radical (unpaired) electrons. The lowest BCUT2D eigenvalue weighted by Gasteiger charge is -2.19. The number of ether oxygens (including phenoxy) is 1. The summed E-state index contributed by atoms with van der Waals surface area (Å²) in [5.41, 5.74) is 1.97.